The van der Waals surface area contributed by atoms with E-state index < -0.39 is 23.5 Å². The second-order valence-electron chi connectivity index (χ2n) is 6.08. The Morgan fingerprint density at radius 3 is 2.56 bits per heavy atom. The molecule has 1 saturated carbocycles. The van der Waals surface area contributed by atoms with Crippen molar-refractivity contribution in [3.05, 3.63) is 52.9 Å². The first kappa shape index (κ1) is 17.1. The van der Waals surface area contributed by atoms with Gasteiger partial charge in [0.1, 0.15) is 17.3 Å². The van der Waals surface area contributed by atoms with Gasteiger partial charge in [-0.2, -0.15) is 5.10 Å². The summed E-state index contributed by atoms with van der Waals surface area (Å²) in [4.78, 5) is 25.2. The molecule has 1 aliphatic rings. The normalized spacial score (nSPS) is 14.6. The Kier molecular flexibility index (Phi) is 4.78. The van der Waals surface area contributed by atoms with Gasteiger partial charge in [0, 0.05) is 30.3 Å². The van der Waals surface area contributed by atoms with Crippen LogP contribution < -0.4 is 0 Å². The Morgan fingerprint density at radius 1 is 1.24 bits per heavy atom. The number of aromatic amines is 1. The molecular formula is C17H17F2N3O3. The van der Waals surface area contributed by atoms with Crippen LogP contribution in [0, 0.1) is 11.6 Å². The van der Waals surface area contributed by atoms with Gasteiger partial charge in [-0.3, -0.25) is 9.89 Å². The van der Waals surface area contributed by atoms with Gasteiger partial charge < -0.3 is 10.0 Å². The fourth-order valence-corrected chi connectivity index (χ4v) is 3.10. The molecule has 0 saturated heterocycles. The third-order valence-corrected chi connectivity index (χ3v) is 4.41. The summed E-state index contributed by atoms with van der Waals surface area (Å²) >= 11 is 0. The predicted octanol–water partition coefficient (Wildman–Crippen LogP) is 2.97. The third-order valence-electron chi connectivity index (χ3n) is 4.41. The van der Waals surface area contributed by atoms with Crippen LogP contribution in [0.2, 0.25) is 0 Å². The van der Waals surface area contributed by atoms with Crippen LogP contribution in [0.3, 0.4) is 0 Å². The van der Waals surface area contributed by atoms with Gasteiger partial charge in [0.25, 0.3) is 5.91 Å². The quantitative estimate of drug-likeness (QED) is 0.869. The van der Waals surface area contributed by atoms with E-state index in [1.807, 2.05) is 0 Å². The number of carboxylic acid groups (broad SMARTS) is 1. The summed E-state index contributed by atoms with van der Waals surface area (Å²) in [6.07, 6.45) is 3.48. The highest BCUT2D eigenvalue weighted by molar-refractivity contribution is 5.95. The number of nitrogens with zero attached hydrogens (tertiary/aromatic N) is 2. The summed E-state index contributed by atoms with van der Waals surface area (Å²) in [6, 6.07) is 4.32. The first-order valence-corrected chi connectivity index (χ1v) is 7.99. The van der Waals surface area contributed by atoms with Crippen molar-refractivity contribution in [1.29, 1.82) is 0 Å². The molecule has 1 amide bonds. The molecule has 1 aromatic heterocycles. The summed E-state index contributed by atoms with van der Waals surface area (Å²) in [5.74, 6) is -3.09. The van der Waals surface area contributed by atoms with E-state index in [0.717, 1.165) is 43.9 Å². The molecule has 0 bridgehead atoms. The highest BCUT2D eigenvalue weighted by atomic mass is 19.1. The molecule has 0 aliphatic heterocycles. The fraction of sp³-hybridized carbons (Fsp3) is 0.353. The first-order chi connectivity index (χ1) is 12.0. The van der Waals surface area contributed by atoms with Crippen molar-refractivity contribution in [2.45, 2.75) is 38.3 Å². The Bertz CT molecular complexity index is 800. The van der Waals surface area contributed by atoms with E-state index in [2.05, 4.69) is 10.2 Å². The van der Waals surface area contributed by atoms with Gasteiger partial charge in [-0.25, -0.2) is 13.6 Å². The van der Waals surface area contributed by atoms with Gasteiger partial charge in [-0.05, 0) is 18.9 Å². The van der Waals surface area contributed by atoms with E-state index in [0.29, 0.717) is 0 Å². The summed E-state index contributed by atoms with van der Waals surface area (Å²) < 4.78 is 27.1. The lowest BCUT2D eigenvalue weighted by molar-refractivity contribution is 0.0655. The fourth-order valence-electron chi connectivity index (χ4n) is 3.10. The van der Waals surface area contributed by atoms with Gasteiger partial charge in [0.05, 0.1) is 0 Å². The molecule has 1 aliphatic carbocycles. The Hall–Kier alpha value is -2.77. The van der Waals surface area contributed by atoms with Gasteiger partial charge in [-0.15, -0.1) is 0 Å². The van der Waals surface area contributed by atoms with Crippen LogP contribution in [0.25, 0.3) is 0 Å². The zero-order chi connectivity index (χ0) is 18.0. The summed E-state index contributed by atoms with van der Waals surface area (Å²) in [5.41, 5.74) is -0.0230. The number of benzene rings is 1. The molecule has 1 aromatic carbocycles. The molecule has 8 heteroatoms. The number of halogens is 2. The number of carboxylic acids is 1. The zero-order valence-electron chi connectivity index (χ0n) is 13.3. The minimum Gasteiger partial charge on any atom is -0.477 e. The molecule has 3 rings (SSSR count). The van der Waals surface area contributed by atoms with Gasteiger partial charge in [0.15, 0.2) is 5.69 Å². The number of carbonyl (C=O) groups is 2. The van der Waals surface area contributed by atoms with E-state index in [1.54, 1.807) is 0 Å². The second kappa shape index (κ2) is 7.00. The highest BCUT2D eigenvalue weighted by Gasteiger charge is 2.30. The molecular weight excluding hydrogens is 332 g/mol. The number of nitrogens with one attached hydrogen (secondary N) is 1. The van der Waals surface area contributed by atoms with Crippen molar-refractivity contribution >= 4 is 11.9 Å². The largest absolute Gasteiger partial charge is 0.477 e. The molecule has 1 heterocycles. The number of amides is 1. The maximum Gasteiger partial charge on any atom is 0.353 e. The van der Waals surface area contributed by atoms with E-state index >= 15 is 0 Å². The molecule has 0 spiro atoms. The van der Waals surface area contributed by atoms with Crippen LogP contribution in [-0.2, 0) is 6.54 Å². The van der Waals surface area contributed by atoms with Crippen molar-refractivity contribution in [3.8, 4) is 0 Å². The Balaban J connectivity index is 1.88. The number of hydrogen-bond acceptors (Lipinski definition) is 3. The summed E-state index contributed by atoms with van der Waals surface area (Å²) in [6.45, 7) is -0.0229. The monoisotopic (exact) mass is 349 g/mol. The lowest BCUT2D eigenvalue weighted by atomic mass is 10.1. The van der Waals surface area contributed by atoms with Gasteiger partial charge in [-0.1, -0.05) is 18.9 Å². The van der Waals surface area contributed by atoms with Crippen molar-refractivity contribution in [2.24, 2.45) is 0 Å². The third kappa shape index (κ3) is 3.67. The van der Waals surface area contributed by atoms with Gasteiger partial charge in [0.2, 0.25) is 0 Å². The number of carbonyl (C=O) groups excluding carboxylic acids is 1. The molecule has 132 valence electrons. The van der Waals surface area contributed by atoms with E-state index in [9.17, 15) is 18.4 Å². The number of aromatic nitrogens is 2. The van der Waals surface area contributed by atoms with E-state index in [4.69, 9.17) is 5.11 Å². The number of H-pyrrole nitrogens is 1. The smallest absolute Gasteiger partial charge is 0.353 e. The van der Waals surface area contributed by atoms with Crippen molar-refractivity contribution < 1.29 is 23.5 Å². The molecule has 2 aromatic rings. The SMILES string of the molecule is O=C(O)c1cc(C(=O)N(Cc2ccc(F)cc2F)C2CCCC2)n[nH]1. The number of rotatable bonds is 5. The van der Waals surface area contributed by atoms with Crippen LogP contribution in [0.1, 0.15) is 52.2 Å². The lowest BCUT2D eigenvalue weighted by Gasteiger charge is -2.28. The zero-order valence-corrected chi connectivity index (χ0v) is 13.3. The van der Waals surface area contributed by atoms with Crippen molar-refractivity contribution in [1.82, 2.24) is 15.1 Å². The van der Waals surface area contributed by atoms with Crippen LogP contribution >= 0.6 is 0 Å². The Morgan fingerprint density at radius 2 is 1.96 bits per heavy atom. The number of hydrogen-bond donors (Lipinski definition) is 2. The standard InChI is InChI=1S/C17H17F2N3O3/c18-11-6-5-10(13(19)7-11)9-22(12-3-1-2-4-12)16(23)14-8-15(17(24)25)21-20-14/h5-8,12H,1-4,9H2,(H,20,21)(H,24,25). The molecule has 1 fully saturated rings. The molecule has 25 heavy (non-hydrogen) atoms. The van der Waals surface area contributed by atoms with Crippen LogP contribution in [0.15, 0.2) is 24.3 Å². The highest BCUT2D eigenvalue weighted by Crippen LogP contribution is 2.27. The van der Waals surface area contributed by atoms with Crippen LogP contribution in [-0.4, -0.2) is 38.1 Å². The minimum atomic E-state index is -1.22. The predicted molar refractivity (Wildman–Crippen MR) is 84.0 cm³/mol. The Labute approximate surface area is 142 Å². The first-order valence-electron chi connectivity index (χ1n) is 7.99. The topological polar surface area (TPSA) is 86.3 Å². The summed E-state index contributed by atoms with van der Waals surface area (Å²) in [7, 11) is 0. The van der Waals surface area contributed by atoms with E-state index in [1.165, 1.54) is 11.0 Å². The van der Waals surface area contributed by atoms with Crippen LogP contribution in [0.4, 0.5) is 8.78 Å². The molecule has 0 atom stereocenters. The van der Waals surface area contributed by atoms with Gasteiger partial charge >= 0.3 is 5.97 Å². The van der Waals surface area contributed by atoms with E-state index in [-0.39, 0.29) is 29.5 Å². The summed E-state index contributed by atoms with van der Waals surface area (Å²) in [5, 5.41) is 15.0. The van der Waals surface area contributed by atoms with Crippen molar-refractivity contribution in [3.63, 3.8) is 0 Å². The maximum atomic E-state index is 14.0. The lowest BCUT2D eigenvalue weighted by Crippen LogP contribution is -2.38. The number of aromatic carboxylic acids is 1. The minimum absolute atomic E-state index is 0.0229. The maximum absolute atomic E-state index is 14.0. The molecule has 0 radical (unpaired) electrons. The average molecular weight is 349 g/mol. The van der Waals surface area contributed by atoms with Crippen molar-refractivity contribution in [2.75, 3.05) is 0 Å². The van der Waals surface area contributed by atoms with Crippen LogP contribution in [0.5, 0.6) is 0 Å². The average Bonchev–Trinajstić information content (AvgIpc) is 3.25. The second-order valence-corrected chi connectivity index (χ2v) is 6.08. The molecule has 2 N–H and O–H groups in total. The molecule has 6 nitrogen and oxygen atoms in total. The molecule has 0 unspecified atom stereocenters.